The first-order valence-electron chi connectivity index (χ1n) is 10.2. The summed E-state index contributed by atoms with van der Waals surface area (Å²) in [6.07, 6.45) is 0. The zero-order chi connectivity index (χ0) is 23.3. The summed E-state index contributed by atoms with van der Waals surface area (Å²) in [5, 5.41) is 2.24. The number of nitrogens with zero attached hydrogens (tertiary/aromatic N) is 3. The van der Waals surface area contributed by atoms with Crippen LogP contribution in [0.5, 0.6) is 0 Å². The average molecular weight is 495 g/mol. The number of fused-ring (bicyclic) bond motifs is 2. The van der Waals surface area contributed by atoms with Gasteiger partial charge < -0.3 is 4.98 Å². The van der Waals surface area contributed by atoms with Crippen molar-refractivity contribution in [3.8, 4) is 5.69 Å². The van der Waals surface area contributed by atoms with Crippen molar-refractivity contribution in [3.05, 3.63) is 90.0 Å². The van der Waals surface area contributed by atoms with Crippen molar-refractivity contribution >= 4 is 55.8 Å². The molecule has 5 rings (SSSR count). The lowest BCUT2D eigenvalue weighted by Gasteiger charge is -2.15. The predicted octanol–water partition coefficient (Wildman–Crippen LogP) is 5.55. The SMILES string of the molecule is Cc1sc2nc(CSc3nc4ccccc4c(=O)n3-c3cccc(Cl)c3C)[nH]c(=O)c2c1C. The van der Waals surface area contributed by atoms with Crippen molar-refractivity contribution in [1.82, 2.24) is 19.5 Å². The molecular formula is C24H19ClN4O2S2. The van der Waals surface area contributed by atoms with Gasteiger partial charge in [0.1, 0.15) is 10.7 Å². The lowest BCUT2D eigenvalue weighted by molar-refractivity contribution is 0.813. The van der Waals surface area contributed by atoms with Gasteiger partial charge >= 0.3 is 0 Å². The summed E-state index contributed by atoms with van der Waals surface area (Å²) in [5.74, 6) is 0.890. The fourth-order valence-electron chi connectivity index (χ4n) is 3.76. The van der Waals surface area contributed by atoms with Gasteiger partial charge in [0.2, 0.25) is 0 Å². The summed E-state index contributed by atoms with van der Waals surface area (Å²) in [5.41, 5.74) is 2.72. The van der Waals surface area contributed by atoms with E-state index in [0.29, 0.717) is 43.7 Å². The topological polar surface area (TPSA) is 80.6 Å². The van der Waals surface area contributed by atoms with Gasteiger partial charge in [-0.15, -0.1) is 11.3 Å². The van der Waals surface area contributed by atoms with E-state index in [1.165, 1.54) is 23.1 Å². The number of rotatable bonds is 4. The van der Waals surface area contributed by atoms with Crippen LogP contribution in [0.1, 0.15) is 21.8 Å². The molecule has 0 saturated heterocycles. The highest BCUT2D eigenvalue weighted by molar-refractivity contribution is 7.98. The molecule has 0 unspecified atom stereocenters. The molecule has 0 amide bonds. The maximum Gasteiger partial charge on any atom is 0.266 e. The fraction of sp³-hybridized carbons (Fsp3) is 0.167. The minimum absolute atomic E-state index is 0.146. The number of hydrogen-bond donors (Lipinski definition) is 1. The van der Waals surface area contributed by atoms with E-state index in [1.54, 1.807) is 16.7 Å². The van der Waals surface area contributed by atoms with Gasteiger partial charge in [-0.2, -0.15) is 0 Å². The second-order valence-corrected chi connectivity index (χ2v) is 10.3. The molecule has 0 aliphatic heterocycles. The second-order valence-electron chi connectivity index (χ2n) is 7.70. The normalized spacial score (nSPS) is 11.5. The quantitative estimate of drug-likeness (QED) is 0.261. The smallest absolute Gasteiger partial charge is 0.266 e. The Balaban J connectivity index is 1.64. The predicted molar refractivity (Wildman–Crippen MR) is 136 cm³/mol. The first-order chi connectivity index (χ1) is 15.8. The Morgan fingerprint density at radius 2 is 1.82 bits per heavy atom. The van der Waals surface area contributed by atoms with Crippen LogP contribution in [0.3, 0.4) is 0 Å². The Labute approximate surface area is 202 Å². The van der Waals surface area contributed by atoms with E-state index >= 15 is 0 Å². The Morgan fingerprint density at radius 3 is 2.64 bits per heavy atom. The number of halogens is 1. The molecule has 9 heteroatoms. The van der Waals surface area contributed by atoms with E-state index < -0.39 is 0 Å². The van der Waals surface area contributed by atoms with Crippen LogP contribution in [0.25, 0.3) is 26.8 Å². The molecule has 0 saturated carbocycles. The van der Waals surface area contributed by atoms with Crippen molar-refractivity contribution in [1.29, 1.82) is 0 Å². The van der Waals surface area contributed by atoms with E-state index in [2.05, 4.69) is 9.97 Å². The molecular weight excluding hydrogens is 476 g/mol. The number of aromatic nitrogens is 4. The van der Waals surface area contributed by atoms with Crippen molar-refractivity contribution in [2.75, 3.05) is 0 Å². The molecule has 3 heterocycles. The van der Waals surface area contributed by atoms with Crippen molar-refractivity contribution in [2.45, 2.75) is 31.7 Å². The summed E-state index contributed by atoms with van der Waals surface area (Å²) in [6.45, 7) is 5.80. The number of aryl methyl sites for hydroxylation is 2. The van der Waals surface area contributed by atoms with Crippen LogP contribution in [0, 0.1) is 20.8 Å². The maximum atomic E-state index is 13.5. The number of aromatic amines is 1. The van der Waals surface area contributed by atoms with Crippen LogP contribution in [-0.4, -0.2) is 19.5 Å². The molecule has 0 bridgehead atoms. The van der Waals surface area contributed by atoms with Gasteiger partial charge in [-0.25, -0.2) is 9.97 Å². The average Bonchev–Trinajstić information content (AvgIpc) is 3.08. The number of benzene rings is 2. The molecule has 5 aromatic rings. The molecule has 0 fully saturated rings. The number of thiophene rings is 1. The molecule has 0 aliphatic carbocycles. The summed E-state index contributed by atoms with van der Waals surface area (Å²) in [6, 6.07) is 12.7. The Hall–Kier alpha value is -2.94. The molecule has 3 aromatic heterocycles. The summed E-state index contributed by atoms with van der Waals surface area (Å²) >= 11 is 9.21. The first kappa shape index (κ1) is 21.9. The summed E-state index contributed by atoms with van der Waals surface area (Å²) < 4.78 is 1.59. The zero-order valence-corrected chi connectivity index (χ0v) is 20.5. The Bertz CT molecular complexity index is 1670. The van der Waals surface area contributed by atoms with Gasteiger partial charge in [-0.1, -0.05) is 41.6 Å². The number of nitrogens with one attached hydrogen (secondary N) is 1. The molecule has 2 aromatic carbocycles. The Kier molecular flexibility index (Phi) is 5.60. The van der Waals surface area contributed by atoms with Gasteiger partial charge in [0, 0.05) is 9.90 Å². The molecule has 1 N–H and O–H groups in total. The van der Waals surface area contributed by atoms with Crippen molar-refractivity contribution < 1.29 is 0 Å². The van der Waals surface area contributed by atoms with Gasteiger partial charge in [0.15, 0.2) is 5.16 Å². The van der Waals surface area contributed by atoms with E-state index in [9.17, 15) is 9.59 Å². The van der Waals surface area contributed by atoms with E-state index in [4.69, 9.17) is 16.6 Å². The van der Waals surface area contributed by atoms with E-state index in [0.717, 1.165) is 20.8 Å². The standard InChI is InChI=1S/C24H19ClN4O2S2/c1-12-14(3)33-22-20(12)21(30)27-19(28-22)11-32-24-26-17-9-5-4-7-15(17)23(31)29(24)18-10-6-8-16(25)13(18)2/h4-10H,11H2,1-3H3,(H,27,28,30). The van der Waals surface area contributed by atoms with Crippen molar-refractivity contribution in [3.63, 3.8) is 0 Å². The highest BCUT2D eigenvalue weighted by Gasteiger charge is 2.17. The Morgan fingerprint density at radius 1 is 1.03 bits per heavy atom. The first-order valence-corrected chi connectivity index (χ1v) is 12.4. The lowest BCUT2D eigenvalue weighted by atomic mass is 10.2. The highest BCUT2D eigenvalue weighted by atomic mass is 35.5. The third-order valence-corrected chi connectivity index (χ3v) is 8.11. The van der Waals surface area contributed by atoms with Crippen molar-refractivity contribution in [2.24, 2.45) is 0 Å². The van der Waals surface area contributed by atoms with E-state index in [1.807, 2.05) is 51.1 Å². The molecule has 0 aliphatic rings. The number of hydrogen-bond acceptors (Lipinski definition) is 6. The minimum atomic E-state index is -0.171. The van der Waals surface area contributed by atoms with Crippen LogP contribution >= 0.6 is 34.7 Å². The van der Waals surface area contributed by atoms with Crippen LogP contribution < -0.4 is 11.1 Å². The second kappa shape index (κ2) is 8.44. The molecule has 33 heavy (non-hydrogen) atoms. The van der Waals surface area contributed by atoms with Crippen LogP contribution in [0.15, 0.2) is 57.2 Å². The molecule has 6 nitrogen and oxygen atoms in total. The van der Waals surface area contributed by atoms with Gasteiger partial charge in [-0.05, 0) is 56.2 Å². The van der Waals surface area contributed by atoms with Crippen LogP contribution in [0.2, 0.25) is 5.02 Å². The molecule has 0 atom stereocenters. The third kappa shape index (κ3) is 3.78. The number of para-hydroxylation sites is 1. The molecule has 0 spiro atoms. The largest absolute Gasteiger partial charge is 0.309 e. The monoisotopic (exact) mass is 494 g/mol. The van der Waals surface area contributed by atoms with Gasteiger partial charge in [-0.3, -0.25) is 14.2 Å². The number of H-pyrrole nitrogens is 1. The van der Waals surface area contributed by atoms with Gasteiger partial charge in [0.05, 0.1) is 27.7 Å². The molecule has 0 radical (unpaired) electrons. The lowest BCUT2D eigenvalue weighted by Crippen LogP contribution is -2.22. The third-order valence-electron chi connectivity index (χ3n) is 5.65. The summed E-state index contributed by atoms with van der Waals surface area (Å²) in [7, 11) is 0. The van der Waals surface area contributed by atoms with Gasteiger partial charge in [0.25, 0.3) is 11.1 Å². The van der Waals surface area contributed by atoms with E-state index in [-0.39, 0.29) is 11.1 Å². The fourth-order valence-corrected chi connectivity index (χ4v) is 5.85. The van der Waals surface area contributed by atoms with Crippen LogP contribution in [-0.2, 0) is 5.75 Å². The minimum Gasteiger partial charge on any atom is -0.309 e. The summed E-state index contributed by atoms with van der Waals surface area (Å²) in [4.78, 5) is 40.3. The van der Waals surface area contributed by atoms with Crippen LogP contribution in [0.4, 0.5) is 0 Å². The maximum absolute atomic E-state index is 13.5. The molecule has 166 valence electrons. The number of thioether (sulfide) groups is 1. The highest BCUT2D eigenvalue weighted by Crippen LogP contribution is 2.29. The zero-order valence-electron chi connectivity index (χ0n) is 18.1.